The van der Waals surface area contributed by atoms with Crippen LogP contribution in [0, 0.1) is 5.41 Å². The number of anilines is 1. The van der Waals surface area contributed by atoms with Crippen molar-refractivity contribution in [2.75, 3.05) is 25.4 Å². The number of piperidine rings is 1. The van der Waals surface area contributed by atoms with Crippen LogP contribution >= 0.6 is 0 Å². The van der Waals surface area contributed by atoms with Gasteiger partial charge in [-0.1, -0.05) is 25.0 Å². The fourth-order valence-corrected chi connectivity index (χ4v) is 4.07. The maximum absolute atomic E-state index is 5.72. The van der Waals surface area contributed by atoms with Gasteiger partial charge in [-0.15, -0.1) is 0 Å². The summed E-state index contributed by atoms with van der Waals surface area (Å²) in [5.74, 6) is 0. The third-order valence-corrected chi connectivity index (χ3v) is 5.50. The number of likely N-dealkylation sites (tertiary alicyclic amines) is 1. The van der Waals surface area contributed by atoms with E-state index in [2.05, 4.69) is 17.0 Å². The summed E-state index contributed by atoms with van der Waals surface area (Å²) in [6, 6.07) is 8.36. The summed E-state index contributed by atoms with van der Waals surface area (Å²) in [4.78, 5) is 2.68. The molecule has 1 saturated heterocycles. The lowest BCUT2D eigenvalue weighted by Gasteiger charge is -2.39. The summed E-state index contributed by atoms with van der Waals surface area (Å²) in [5, 5.41) is 0. The van der Waals surface area contributed by atoms with Crippen LogP contribution in [0.25, 0.3) is 0 Å². The predicted octanol–water partition coefficient (Wildman–Crippen LogP) is 3.86. The number of hydrogen-bond acceptors (Lipinski definition) is 2. The first kappa shape index (κ1) is 13.9. The summed E-state index contributed by atoms with van der Waals surface area (Å²) >= 11 is 0. The van der Waals surface area contributed by atoms with Crippen molar-refractivity contribution in [1.29, 1.82) is 0 Å². The summed E-state index contributed by atoms with van der Waals surface area (Å²) < 4.78 is 0. The van der Waals surface area contributed by atoms with Crippen LogP contribution in [0.1, 0.15) is 50.5 Å². The monoisotopic (exact) mass is 272 g/mol. The topological polar surface area (TPSA) is 29.3 Å². The van der Waals surface area contributed by atoms with Crippen molar-refractivity contribution < 1.29 is 0 Å². The number of nitrogens with two attached hydrogens (primary N) is 1. The van der Waals surface area contributed by atoms with Gasteiger partial charge in [0.1, 0.15) is 0 Å². The quantitative estimate of drug-likeness (QED) is 0.843. The largest absolute Gasteiger partial charge is 0.399 e. The zero-order chi connectivity index (χ0) is 13.8. The Kier molecular flexibility index (Phi) is 4.30. The predicted molar refractivity (Wildman–Crippen MR) is 85.8 cm³/mol. The molecule has 0 aromatic heterocycles. The Labute approximate surface area is 123 Å². The molecule has 2 N–H and O–H groups in total. The number of benzene rings is 1. The van der Waals surface area contributed by atoms with Gasteiger partial charge in [-0.2, -0.15) is 0 Å². The molecule has 3 rings (SSSR count). The van der Waals surface area contributed by atoms with E-state index in [0.29, 0.717) is 0 Å². The summed E-state index contributed by atoms with van der Waals surface area (Å²) in [6.07, 6.45) is 11.3. The lowest BCUT2D eigenvalue weighted by atomic mass is 9.77. The third kappa shape index (κ3) is 3.35. The summed E-state index contributed by atoms with van der Waals surface area (Å²) in [7, 11) is 0. The second-order valence-electron chi connectivity index (χ2n) is 6.89. The third-order valence-electron chi connectivity index (χ3n) is 5.50. The number of nitrogen functional groups attached to an aromatic ring is 1. The maximum atomic E-state index is 5.72. The van der Waals surface area contributed by atoms with Crippen molar-refractivity contribution in [2.24, 2.45) is 5.41 Å². The van der Waals surface area contributed by atoms with E-state index in [-0.39, 0.29) is 0 Å². The van der Waals surface area contributed by atoms with Crippen molar-refractivity contribution in [3.8, 4) is 0 Å². The molecule has 1 spiro atoms. The minimum atomic E-state index is 0.757. The highest BCUT2D eigenvalue weighted by atomic mass is 15.1. The molecule has 2 aliphatic rings. The minimum Gasteiger partial charge on any atom is -0.399 e. The van der Waals surface area contributed by atoms with E-state index in [1.54, 1.807) is 0 Å². The highest BCUT2D eigenvalue weighted by molar-refractivity contribution is 5.39. The molecule has 1 saturated carbocycles. The molecule has 0 bridgehead atoms. The van der Waals surface area contributed by atoms with E-state index in [1.165, 1.54) is 76.6 Å². The van der Waals surface area contributed by atoms with Gasteiger partial charge in [0.05, 0.1) is 0 Å². The number of rotatable bonds is 4. The number of nitrogens with zero attached hydrogens (tertiary/aromatic N) is 1. The molecule has 20 heavy (non-hydrogen) atoms. The SMILES string of the molecule is Nc1ccc(CCCN2CCC3(CCCC3)CC2)cc1. The molecule has 1 aromatic carbocycles. The van der Waals surface area contributed by atoms with Crippen LogP contribution in [0.5, 0.6) is 0 Å². The van der Waals surface area contributed by atoms with Crippen molar-refractivity contribution in [2.45, 2.75) is 51.4 Å². The first-order valence-electron chi connectivity index (χ1n) is 8.33. The highest BCUT2D eigenvalue weighted by Gasteiger charge is 2.36. The van der Waals surface area contributed by atoms with Crippen molar-refractivity contribution >= 4 is 5.69 Å². The van der Waals surface area contributed by atoms with Gasteiger partial charge in [-0.3, -0.25) is 0 Å². The molecule has 1 aliphatic carbocycles. The van der Waals surface area contributed by atoms with E-state index in [4.69, 9.17) is 5.73 Å². The molecule has 0 amide bonds. The van der Waals surface area contributed by atoms with Gasteiger partial charge >= 0.3 is 0 Å². The molecule has 110 valence electrons. The lowest BCUT2D eigenvalue weighted by Crippen LogP contribution is -2.39. The maximum Gasteiger partial charge on any atom is 0.0314 e. The van der Waals surface area contributed by atoms with Crippen molar-refractivity contribution in [3.63, 3.8) is 0 Å². The van der Waals surface area contributed by atoms with E-state index < -0.39 is 0 Å². The fourth-order valence-electron chi connectivity index (χ4n) is 4.07. The highest BCUT2D eigenvalue weighted by Crippen LogP contribution is 2.46. The molecule has 0 radical (unpaired) electrons. The molecular weight excluding hydrogens is 244 g/mol. The van der Waals surface area contributed by atoms with E-state index in [1.807, 2.05) is 12.1 Å². The Balaban J connectivity index is 1.38. The Hall–Kier alpha value is -1.02. The zero-order valence-electron chi connectivity index (χ0n) is 12.6. The average molecular weight is 272 g/mol. The smallest absolute Gasteiger partial charge is 0.0314 e. The standard InChI is InChI=1S/C18H28N2/c19-17-7-5-16(6-8-17)4-3-13-20-14-11-18(12-15-20)9-1-2-10-18/h5-8H,1-4,9-15,19H2. The second kappa shape index (κ2) is 6.17. The van der Waals surface area contributed by atoms with Crippen LogP contribution in [0.2, 0.25) is 0 Å². The van der Waals surface area contributed by atoms with E-state index in [0.717, 1.165) is 11.1 Å². The molecule has 0 atom stereocenters. The Morgan fingerprint density at radius 1 is 0.950 bits per heavy atom. The van der Waals surface area contributed by atoms with Gasteiger partial charge in [-0.05, 0) is 81.3 Å². The summed E-state index contributed by atoms with van der Waals surface area (Å²) in [6.45, 7) is 3.93. The van der Waals surface area contributed by atoms with Crippen LogP contribution in [-0.2, 0) is 6.42 Å². The Morgan fingerprint density at radius 3 is 2.25 bits per heavy atom. The van der Waals surface area contributed by atoms with E-state index in [9.17, 15) is 0 Å². The van der Waals surface area contributed by atoms with Crippen molar-refractivity contribution in [3.05, 3.63) is 29.8 Å². The lowest BCUT2D eigenvalue weighted by molar-refractivity contribution is 0.108. The van der Waals surface area contributed by atoms with Crippen LogP contribution < -0.4 is 5.73 Å². The molecule has 1 aromatic rings. The van der Waals surface area contributed by atoms with Crippen LogP contribution in [0.15, 0.2) is 24.3 Å². The molecule has 2 nitrogen and oxygen atoms in total. The number of aryl methyl sites for hydroxylation is 1. The average Bonchev–Trinajstić information content (AvgIpc) is 2.92. The first-order chi connectivity index (χ1) is 9.76. The molecular formula is C18H28N2. The van der Waals surface area contributed by atoms with Gasteiger partial charge in [0, 0.05) is 5.69 Å². The van der Waals surface area contributed by atoms with Gasteiger partial charge in [0.15, 0.2) is 0 Å². The summed E-state index contributed by atoms with van der Waals surface area (Å²) in [5.41, 5.74) is 8.77. The van der Waals surface area contributed by atoms with Crippen LogP contribution in [0.3, 0.4) is 0 Å². The minimum absolute atomic E-state index is 0.757. The molecule has 2 heteroatoms. The molecule has 0 unspecified atom stereocenters. The van der Waals surface area contributed by atoms with Crippen LogP contribution in [-0.4, -0.2) is 24.5 Å². The van der Waals surface area contributed by atoms with Gasteiger partial charge < -0.3 is 10.6 Å². The first-order valence-corrected chi connectivity index (χ1v) is 8.33. The zero-order valence-corrected chi connectivity index (χ0v) is 12.6. The molecule has 1 heterocycles. The number of hydrogen-bond donors (Lipinski definition) is 1. The Morgan fingerprint density at radius 2 is 1.60 bits per heavy atom. The van der Waals surface area contributed by atoms with Gasteiger partial charge in [-0.25, -0.2) is 0 Å². The van der Waals surface area contributed by atoms with Gasteiger partial charge in [0.25, 0.3) is 0 Å². The molecule has 1 aliphatic heterocycles. The normalized spacial score (nSPS) is 22.4. The Bertz CT molecular complexity index is 408. The molecule has 2 fully saturated rings. The van der Waals surface area contributed by atoms with Crippen molar-refractivity contribution in [1.82, 2.24) is 4.90 Å². The van der Waals surface area contributed by atoms with Crippen LogP contribution in [0.4, 0.5) is 5.69 Å². The van der Waals surface area contributed by atoms with E-state index >= 15 is 0 Å². The van der Waals surface area contributed by atoms with Gasteiger partial charge in [0.2, 0.25) is 0 Å². The second-order valence-corrected chi connectivity index (χ2v) is 6.89. The fraction of sp³-hybridized carbons (Fsp3) is 0.667.